The summed E-state index contributed by atoms with van der Waals surface area (Å²) in [6.45, 7) is 2.02. The molecular weight excluding hydrogens is 200 g/mol. The van der Waals surface area contributed by atoms with Crippen LogP contribution in [-0.4, -0.2) is 12.1 Å². The number of ether oxygens (including phenoxy) is 1. The van der Waals surface area contributed by atoms with Crippen LogP contribution >= 0.6 is 0 Å². The monoisotopic (exact) mass is 214 g/mol. The number of nitrogens with one attached hydrogen (secondary N) is 1. The minimum atomic E-state index is 0.840. The summed E-state index contributed by atoms with van der Waals surface area (Å²) in [4.78, 5) is 4.20. The second kappa shape index (κ2) is 4.66. The molecule has 1 heterocycles. The van der Waals surface area contributed by atoms with Crippen LogP contribution in [-0.2, 0) is 0 Å². The summed E-state index contributed by atoms with van der Waals surface area (Å²) in [6.07, 6.45) is 1.76. The molecule has 0 saturated carbocycles. The van der Waals surface area contributed by atoms with Crippen molar-refractivity contribution in [3.63, 3.8) is 0 Å². The quantitative estimate of drug-likeness (QED) is 0.852. The minimum Gasteiger partial charge on any atom is -0.496 e. The van der Waals surface area contributed by atoms with E-state index in [4.69, 9.17) is 4.74 Å². The maximum atomic E-state index is 5.21. The number of hydrogen-bond donors (Lipinski definition) is 1. The summed E-state index contributed by atoms with van der Waals surface area (Å²) in [5.74, 6) is 1.73. The number of aromatic nitrogens is 1. The highest BCUT2D eigenvalue weighted by Gasteiger charge is 2.00. The average molecular weight is 214 g/mol. The van der Waals surface area contributed by atoms with Gasteiger partial charge in [-0.15, -0.1) is 0 Å². The second-order valence-corrected chi connectivity index (χ2v) is 3.52. The lowest BCUT2D eigenvalue weighted by molar-refractivity contribution is 0.412. The molecule has 0 fully saturated rings. The number of aryl methyl sites for hydroxylation is 1. The SMILES string of the molecule is COc1ccc(Nc2ccccn2)cc1C. The van der Waals surface area contributed by atoms with E-state index in [0.29, 0.717) is 0 Å². The van der Waals surface area contributed by atoms with Gasteiger partial charge in [-0.05, 0) is 42.8 Å². The maximum absolute atomic E-state index is 5.21. The van der Waals surface area contributed by atoms with Gasteiger partial charge in [0, 0.05) is 11.9 Å². The molecule has 3 nitrogen and oxygen atoms in total. The summed E-state index contributed by atoms with van der Waals surface area (Å²) >= 11 is 0. The molecule has 1 aromatic carbocycles. The third-order valence-corrected chi connectivity index (χ3v) is 2.33. The molecule has 2 aromatic rings. The topological polar surface area (TPSA) is 34.1 Å². The van der Waals surface area contributed by atoms with E-state index in [2.05, 4.69) is 10.3 Å². The first kappa shape index (κ1) is 10.5. The predicted molar refractivity (Wildman–Crippen MR) is 65.3 cm³/mol. The maximum Gasteiger partial charge on any atom is 0.130 e. The zero-order chi connectivity index (χ0) is 11.4. The van der Waals surface area contributed by atoms with Crippen LogP contribution in [0.15, 0.2) is 42.6 Å². The highest BCUT2D eigenvalue weighted by Crippen LogP contribution is 2.23. The van der Waals surface area contributed by atoms with E-state index < -0.39 is 0 Å². The molecule has 0 aliphatic carbocycles. The van der Waals surface area contributed by atoms with Crippen LogP contribution in [0.1, 0.15) is 5.56 Å². The van der Waals surface area contributed by atoms with Gasteiger partial charge >= 0.3 is 0 Å². The predicted octanol–water partition coefficient (Wildman–Crippen LogP) is 3.14. The van der Waals surface area contributed by atoms with E-state index in [9.17, 15) is 0 Å². The van der Waals surface area contributed by atoms with Gasteiger partial charge in [-0.2, -0.15) is 0 Å². The first-order chi connectivity index (χ1) is 7.79. The Morgan fingerprint density at radius 3 is 2.69 bits per heavy atom. The van der Waals surface area contributed by atoms with Gasteiger partial charge in [0.1, 0.15) is 11.6 Å². The Bertz CT molecular complexity index is 469. The van der Waals surface area contributed by atoms with Crippen LogP contribution < -0.4 is 10.1 Å². The van der Waals surface area contributed by atoms with Crippen LogP contribution in [0.4, 0.5) is 11.5 Å². The van der Waals surface area contributed by atoms with E-state index in [1.807, 2.05) is 43.3 Å². The normalized spacial score (nSPS) is 9.88. The molecule has 0 aliphatic rings. The van der Waals surface area contributed by atoms with Crippen LogP contribution in [0.2, 0.25) is 0 Å². The highest BCUT2D eigenvalue weighted by molar-refractivity contribution is 5.58. The standard InChI is InChI=1S/C13H14N2O/c1-10-9-11(6-7-12(10)16-2)15-13-5-3-4-8-14-13/h3-9H,1-2H3,(H,14,15). The molecule has 2 rings (SSSR count). The number of benzene rings is 1. The van der Waals surface area contributed by atoms with E-state index >= 15 is 0 Å². The van der Waals surface area contributed by atoms with Crippen molar-refractivity contribution in [2.45, 2.75) is 6.92 Å². The van der Waals surface area contributed by atoms with Gasteiger partial charge in [0.15, 0.2) is 0 Å². The summed E-state index contributed by atoms with van der Waals surface area (Å²) in [6, 6.07) is 11.7. The van der Waals surface area contributed by atoms with E-state index in [1.54, 1.807) is 13.3 Å². The number of pyridine rings is 1. The van der Waals surface area contributed by atoms with Crippen molar-refractivity contribution in [3.05, 3.63) is 48.2 Å². The van der Waals surface area contributed by atoms with E-state index in [1.165, 1.54) is 0 Å². The fourth-order valence-electron chi connectivity index (χ4n) is 1.54. The fraction of sp³-hybridized carbons (Fsp3) is 0.154. The lowest BCUT2D eigenvalue weighted by atomic mass is 10.2. The summed E-state index contributed by atoms with van der Waals surface area (Å²) in [5.41, 5.74) is 2.11. The zero-order valence-electron chi connectivity index (χ0n) is 9.40. The molecule has 3 heteroatoms. The third kappa shape index (κ3) is 2.31. The molecule has 0 atom stereocenters. The van der Waals surface area contributed by atoms with Crippen LogP contribution in [0, 0.1) is 6.92 Å². The Kier molecular flexibility index (Phi) is 3.05. The van der Waals surface area contributed by atoms with Gasteiger partial charge in [0.25, 0.3) is 0 Å². The number of anilines is 2. The van der Waals surface area contributed by atoms with Crippen molar-refractivity contribution >= 4 is 11.5 Å². The summed E-state index contributed by atoms with van der Waals surface area (Å²) in [5, 5.41) is 3.23. The molecule has 16 heavy (non-hydrogen) atoms. The zero-order valence-corrected chi connectivity index (χ0v) is 9.40. The molecular formula is C13H14N2O. The molecule has 0 aliphatic heterocycles. The Labute approximate surface area is 95.1 Å². The number of methoxy groups -OCH3 is 1. The van der Waals surface area contributed by atoms with Crippen molar-refractivity contribution in [1.29, 1.82) is 0 Å². The molecule has 0 saturated heterocycles. The average Bonchev–Trinajstić information content (AvgIpc) is 2.31. The summed E-state index contributed by atoms with van der Waals surface area (Å²) < 4.78 is 5.21. The molecule has 0 radical (unpaired) electrons. The minimum absolute atomic E-state index is 0.840. The molecule has 82 valence electrons. The number of rotatable bonds is 3. The Hall–Kier alpha value is -2.03. The first-order valence-corrected chi connectivity index (χ1v) is 5.12. The van der Waals surface area contributed by atoms with Gasteiger partial charge in [0.2, 0.25) is 0 Å². The lowest BCUT2D eigenvalue weighted by Crippen LogP contribution is -1.94. The Morgan fingerprint density at radius 2 is 2.06 bits per heavy atom. The highest BCUT2D eigenvalue weighted by atomic mass is 16.5. The van der Waals surface area contributed by atoms with Gasteiger partial charge in [-0.1, -0.05) is 6.07 Å². The molecule has 1 N–H and O–H groups in total. The van der Waals surface area contributed by atoms with Gasteiger partial charge in [-0.3, -0.25) is 0 Å². The van der Waals surface area contributed by atoms with Crippen molar-refractivity contribution < 1.29 is 4.74 Å². The van der Waals surface area contributed by atoms with Crippen LogP contribution in [0.5, 0.6) is 5.75 Å². The van der Waals surface area contributed by atoms with Gasteiger partial charge in [0.05, 0.1) is 7.11 Å². The van der Waals surface area contributed by atoms with E-state index in [-0.39, 0.29) is 0 Å². The Balaban J connectivity index is 2.20. The molecule has 0 bridgehead atoms. The van der Waals surface area contributed by atoms with E-state index in [0.717, 1.165) is 22.8 Å². The first-order valence-electron chi connectivity index (χ1n) is 5.12. The number of nitrogens with zero attached hydrogens (tertiary/aromatic N) is 1. The Morgan fingerprint density at radius 1 is 1.19 bits per heavy atom. The van der Waals surface area contributed by atoms with Gasteiger partial charge < -0.3 is 10.1 Å². The van der Waals surface area contributed by atoms with Crippen molar-refractivity contribution in [3.8, 4) is 5.75 Å². The third-order valence-electron chi connectivity index (χ3n) is 2.33. The molecule has 1 aromatic heterocycles. The molecule has 0 unspecified atom stereocenters. The molecule has 0 amide bonds. The van der Waals surface area contributed by atoms with Crippen LogP contribution in [0.25, 0.3) is 0 Å². The molecule has 0 spiro atoms. The van der Waals surface area contributed by atoms with Crippen molar-refractivity contribution in [2.24, 2.45) is 0 Å². The summed E-state index contributed by atoms with van der Waals surface area (Å²) in [7, 11) is 1.67. The van der Waals surface area contributed by atoms with Crippen molar-refractivity contribution in [2.75, 3.05) is 12.4 Å². The van der Waals surface area contributed by atoms with Crippen LogP contribution in [0.3, 0.4) is 0 Å². The largest absolute Gasteiger partial charge is 0.496 e. The van der Waals surface area contributed by atoms with Gasteiger partial charge in [-0.25, -0.2) is 4.98 Å². The lowest BCUT2D eigenvalue weighted by Gasteiger charge is -2.08. The number of hydrogen-bond acceptors (Lipinski definition) is 3. The fourth-order valence-corrected chi connectivity index (χ4v) is 1.54. The second-order valence-electron chi connectivity index (χ2n) is 3.52. The van der Waals surface area contributed by atoms with Crippen molar-refractivity contribution in [1.82, 2.24) is 4.98 Å². The smallest absolute Gasteiger partial charge is 0.130 e.